The summed E-state index contributed by atoms with van der Waals surface area (Å²) in [5.74, 6) is 4.44. The first-order valence-electron chi connectivity index (χ1n) is 19.8. The Labute approximate surface area is 296 Å². The van der Waals surface area contributed by atoms with Gasteiger partial charge in [-0.15, -0.1) is 0 Å². The zero-order valence-electron chi connectivity index (χ0n) is 30.3. The van der Waals surface area contributed by atoms with Crippen LogP contribution >= 0.6 is 0 Å². The first kappa shape index (κ1) is 36.5. The molecule has 1 spiro atoms. The summed E-state index contributed by atoms with van der Waals surface area (Å²) in [5.41, 5.74) is 0.404. The summed E-state index contributed by atoms with van der Waals surface area (Å²) in [6, 6.07) is 0. The predicted octanol–water partition coefficient (Wildman–Crippen LogP) is 1.65. The summed E-state index contributed by atoms with van der Waals surface area (Å²) in [7, 11) is 0. The van der Waals surface area contributed by atoms with Gasteiger partial charge in [-0.1, -0.05) is 27.7 Å². The van der Waals surface area contributed by atoms with E-state index in [9.17, 15) is 30.6 Å². The molecule has 21 atom stereocenters. The van der Waals surface area contributed by atoms with Gasteiger partial charge in [0.05, 0.1) is 25.4 Å². The minimum Gasteiger partial charge on any atom is -0.394 e. The van der Waals surface area contributed by atoms with E-state index in [0.717, 1.165) is 38.6 Å². The first-order chi connectivity index (χ1) is 23.8. The molecule has 7 N–H and O–H groups in total. The number of rotatable bonds is 5. The van der Waals surface area contributed by atoms with Gasteiger partial charge in [-0.05, 0) is 111 Å². The number of ether oxygens (including phenoxy) is 5. The zero-order valence-corrected chi connectivity index (χ0v) is 30.3. The highest BCUT2D eigenvalue weighted by molar-refractivity contribution is 5.16. The molecule has 8 rings (SSSR count). The summed E-state index contributed by atoms with van der Waals surface area (Å²) >= 11 is 0. The highest BCUT2D eigenvalue weighted by Crippen LogP contribution is 2.71. The molecule has 0 amide bonds. The van der Waals surface area contributed by atoms with Crippen LogP contribution in [-0.2, 0) is 23.7 Å². The lowest BCUT2D eigenvalue weighted by atomic mass is 9.44. The van der Waals surface area contributed by atoms with Crippen LogP contribution in [0.3, 0.4) is 0 Å². The molecule has 12 heteroatoms. The molecule has 0 aromatic rings. The van der Waals surface area contributed by atoms with E-state index in [4.69, 9.17) is 23.7 Å². The van der Waals surface area contributed by atoms with Crippen molar-refractivity contribution in [3.05, 3.63) is 0 Å². The van der Waals surface area contributed by atoms with Crippen LogP contribution in [0.15, 0.2) is 0 Å². The van der Waals surface area contributed by atoms with Crippen LogP contribution < -0.4 is 5.32 Å². The second-order valence-corrected chi connectivity index (χ2v) is 18.4. The lowest BCUT2D eigenvalue weighted by molar-refractivity contribution is -0.355. The van der Waals surface area contributed by atoms with Gasteiger partial charge in [0.2, 0.25) is 0 Å². The standard InChI is InChI=1S/C38H63NO11/c1-18-7-12-38(39-15-18)19(2)28-26(50-38)14-24-22-6-5-20-13-21(8-10-36(20,3)23(22)9-11-37(24,28)4)47-35-32(45)33(30(43)27(16-40)48-35)49-34-31(44)29(42)25(41)17-46-34/h18-35,39-45H,5-17H2,1-4H3/t18-,19+,20+,21+,22-,23+,24+,25-,26+,27-,28+,29+,30+,31-,32-,33+,34+,35-,36+,37+,38-/m1/s1. The summed E-state index contributed by atoms with van der Waals surface area (Å²) in [4.78, 5) is 0. The number of hydrogen-bond acceptors (Lipinski definition) is 12. The van der Waals surface area contributed by atoms with Crippen molar-refractivity contribution in [1.82, 2.24) is 5.32 Å². The molecule has 0 aromatic heterocycles. The van der Waals surface area contributed by atoms with E-state index in [1.807, 2.05) is 0 Å². The van der Waals surface area contributed by atoms with Crippen LogP contribution in [-0.4, -0.2) is 124 Å². The smallest absolute Gasteiger partial charge is 0.186 e. The average molecular weight is 710 g/mol. The third-order valence-corrected chi connectivity index (χ3v) is 16.0. The van der Waals surface area contributed by atoms with Crippen molar-refractivity contribution in [2.75, 3.05) is 19.8 Å². The van der Waals surface area contributed by atoms with Gasteiger partial charge in [-0.3, -0.25) is 5.32 Å². The Hall–Kier alpha value is -0.480. The summed E-state index contributed by atoms with van der Waals surface area (Å²) in [6.07, 6.45) is -0.823. The van der Waals surface area contributed by atoms with Crippen LogP contribution in [0.25, 0.3) is 0 Å². The van der Waals surface area contributed by atoms with Gasteiger partial charge in [0.15, 0.2) is 12.6 Å². The van der Waals surface area contributed by atoms with Crippen molar-refractivity contribution >= 4 is 0 Å². The molecule has 0 bridgehead atoms. The molecule has 286 valence electrons. The van der Waals surface area contributed by atoms with E-state index < -0.39 is 61.9 Å². The maximum Gasteiger partial charge on any atom is 0.186 e. The number of nitrogens with one attached hydrogen (secondary N) is 1. The molecular formula is C38H63NO11. The van der Waals surface area contributed by atoms with Gasteiger partial charge in [-0.2, -0.15) is 0 Å². The van der Waals surface area contributed by atoms with Crippen LogP contribution in [0.2, 0.25) is 0 Å². The fourth-order valence-electron chi connectivity index (χ4n) is 13.1. The van der Waals surface area contributed by atoms with Crippen LogP contribution in [0.1, 0.15) is 91.9 Å². The number of aliphatic hydroxyl groups is 6. The highest BCUT2D eigenvalue weighted by Gasteiger charge is 2.68. The molecule has 50 heavy (non-hydrogen) atoms. The monoisotopic (exact) mass is 709 g/mol. The van der Waals surface area contributed by atoms with E-state index in [2.05, 4.69) is 33.0 Å². The minimum atomic E-state index is -1.59. The van der Waals surface area contributed by atoms with Crippen molar-refractivity contribution in [2.45, 2.75) is 165 Å². The van der Waals surface area contributed by atoms with Crippen LogP contribution in [0.4, 0.5) is 0 Å². The van der Waals surface area contributed by atoms with Crippen molar-refractivity contribution in [3.8, 4) is 0 Å². The van der Waals surface area contributed by atoms with E-state index in [1.54, 1.807) is 0 Å². The van der Waals surface area contributed by atoms with Crippen LogP contribution in [0.5, 0.6) is 0 Å². The molecule has 0 unspecified atom stereocenters. The molecule has 4 heterocycles. The summed E-state index contributed by atoms with van der Waals surface area (Å²) < 4.78 is 30.6. The SMILES string of the molecule is C[C@@H]1CC[C@@]2(NC1)O[C@H]1C[C@H]3[C@@H]4CC[C@H]5C[C@@H](O[C@@H]6O[C@H](CO)[C@H](O)[C@H](O[C@@H]7OC[C@@H](O)[C@H](O)[C@H]7O)[C@H]6O)CC[C@]5(C)[C@H]4CC[C@]3(C)[C@H]1[C@@H]2C. The lowest BCUT2D eigenvalue weighted by Gasteiger charge is -2.61. The second-order valence-electron chi connectivity index (χ2n) is 18.4. The summed E-state index contributed by atoms with van der Waals surface area (Å²) in [6.45, 7) is 10.2. The Morgan fingerprint density at radius 1 is 0.780 bits per heavy atom. The van der Waals surface area contributed by atoms with Gasteiger partial charge in [0.25, 0.3) is 0 Å². The predicted molar refractivity (Wildman–Crippen MR) is 179 cm³/mol. The molecule has 8 fully saturated rings. The highest BCUT2D eigenvalue weighted by atomic mass is 16.7. The largest absolute Gasteiger partial charge is 0.394 e. The molecule has 4 saturated carbocycles. The Kier molecular flexibility index (Phi) is 9.76. The van der Waals surface area contributed by atoms with E-state index in [0.29, 0.717) is 52.9 Å². The topological polar surface area (TPSA) is 180 Å². The number of hydrogen-bond donors (Lipinski definition) is 7. The molecular weight excluding hydrogens is 646 g/mol. The quantitative estimate of drug-likeness (QED) is 0.206. The average Bonchev–Trinajstić information content (AvgIpc) is 3.54. The third-order valence-electron chi connectivity index (χ3n) is 16.0. The molecule has 4 aliphatic carbocycles. The number of piperidine rings is 1. The Bertz CT molecular complexity index is 1220. The van der Waals surface area contributed by atoms with Gasteiger partial charge in [0.1, 0.15) is 48.5 Å². The molecule has 0 aromatic carbocycles. The van der Waals surface area contributed by atoms with Crippen LogP contribution in [0, 0.1) is 52.3 Å². The molecule has 4 saturated heterocycles. The van der Waals surface area contributed by atoms with Crippen molar-refractivity contribution in [1.29, 1.82) is 0 Å². The van der Waals surface area contributed by atoms with Gasteiger partial charge >= 0.3 is 0 Å². The normalized spacial score (nSPS) is 59.4. The maximum atomic E-state index is 11.3. The van der Waals surface area contributed by atoms with E-state index >= 15 is 0 Å². The third kappa shape index (κ3) is 5.68. The van der Waals surface area contributed by atoms with Crippen molar-refractivity contribution < 1.29 is 54.3 Å². The van der Waals surface area contributed by atoms with Gasteiger partial charge in [0, 0.05) is 12.5 Å². The van der Waals surface area contributed by atoms with E-state index in [1.165, 1.54) is 32.1 Å². The molecule has 4 aliphatic heterocycles. The minimum absolute atomic E-state index is 0.136. The maximum absolute atomic E-state index is 11.3. The number of aliphatic hydroxyl groups excluding tert-OH is 6. The second kappa shape index (κ2) is 13.4. The summed E-state index contributed by atoms with van der Waals surface area (Å²) in [5, 5.41) is 66.4. The molecule has 8 aliphatic rings. The Morgan fingerprint density at radius 3 is 2.30 bits per heavy atom. The lowest BCUT2D eigenvalue weighted by Crippen LogP contribution is -2.63. The van der Waals surface area contributed by atoms with Crippen molar-refractivity contribution in [2.24, 2.45) is 52.3 Å². The van der Waals surface area contributed by atoms with E-state index in [-0.39, 0.29) is 23.9 Å². The Balaban J connectivity index is 0.916. The van der Waals surface area contributed by atoms with Crippen molar-refractivity contribution in [3.63, 3.8) is 0 Å². The fourth-order valence-corrected chi connectivity index (χ4v) is 13.1. The zero-order chi connectivity index (χ0) is 35.3. The first-order valence-corrected chi connectivity index (χ1v) is 19.8. The molecule has 12 nitrogen and oxygen atoms in total. The number of fused-ring (bicyclic) bond motifs is 7. The fraction of sp³-hybridized carbons (Fsp3) is 1.00. The van der Waals surface area contributed by atoms with Gasteiger partial charge < -0.3 is 54.3 Å². The Morgan fingerprint density at radius 2 is 1.56 bits per heavy atom. The van der Waals surface area contributed by atoms with Gasteiger partial charge in [-0.25, -0.2) is 0 Å². The molecule has 0 radical (unpaired) electrons.